The molecule has 0 saturated carbocycles. The molecule has 5 nitrogen and oxygen atoms in total. The van der Waals surface area contributed by atoms with E-state index in [0.717, 1.165) is 38.8 Å². The van der Waals surface area contributed by atoms with E-state index < -0.39 is 0 Å². The van der Waals surface area contributed by atoms with Gasteiger partial charge in [0.05, 0.1) is 12.1 Å². The van der Waals surface area contributed by atoms with Gasteiger partial charge in [-0.15, -0.1) is 0 Å². The van der Waals surface area contributed by atoms with Gasteiger partial charge in [0.2, 0.25) is 11.8 Å². The Morgan fingerprint density at radius 1 is 1.25 bits per heavy atom. The van der Waals surface area contributed by atoms with Gasteiger partial charge in [-0.25, -0.2) is 0 Å². The summed E-state index contributed by atoms with van der Waals surface area (Å²) in [7, 11) is 0. The van der Waals surface area contributed by atoms with Crippen LogP contribution in [0.2, 0.25) is 0 Å². The van der Waals surface area contributed by atoms with E-state index in [1.54, 1.807) is 4.90 Å². The Labute approximate surface area is 120 Å². The lowest BCUT2D eigenvalue weighted by molar-refractivity contribution is -0.164. The Bertz CT molecular complexity index is 406. The summed E-state index contributed by atoms with van der Waals surface area (Å²) in [5.74, 6) is 0.274. The number of hydrogen-bond acceptors (Lipinski definition) is 3. The summed E-state index contributed by atoms with van der Waals surface area (Å²) < 4.78 is 5.74. The van der Waals surface area contributed by atoms with Crippen molar-refractivity contribution in [1.82, 2.24) is 9.80 Å². The topological polar surface area (TPSA) is 49.9 Å². The molecule has 3 saturated heterocycles. The van der Waals surface area contributed by atoms with Gasteiger partial charge in [-0.3, -0.25) is 9.59 Å². The lowest BCUT2D eigenvalue weighted by Gasteiger charge is -2.46. The molecule has 4 unspecified atom stereocenters. The van der Waals surface area contributed by atoms with Gasteiger partial charge in [0.15, 0.2) is 0 Å². The minimum Gasteiger partial charge on any atom is -0.376 e. The fraction of sp³-hybridized carbons (Fsp3) is 0.867. The van der Waals surface area contributed by atoms with Crippen LogP contribution in [0.25, 0.3) is 0 Å². The maximum absolute atomic E-state index is 12.8. The van der Waals surface area contributed by atoms with Crippen LogP contribution >= 0.6 is 0 Å². The van der Waals surface area contributed by atoms with E-state index in [9.17, 15) is 9.59 Å². The molecule has 3 fully saturated rings. The maximum atomic E-state index is 12.8. The van der Waals surface area contributed by atoms with Crippen LogP contribution in [0, 0.1) is 0 Å². The van der Waals surface area contributed by atoms with E-state index in [1.807, 2.05) is 18.7 Å². The van der Waals surface area contributed by atoms with Gasteiger partial charge in [-0.2, -0.15) is 0 Å². The third-order valence-corrected chi connectivity index (χ3v) is 5.02. The van der Waals surface area contributed by atoms with Crippen LogP contribution in [0.4, 0.5) is 0 Å². The average molecular weight is 280 g/mol. The number of fused-ring (bicyclic) bond motifs is 1. The minimum atomic E-state index is -0.295. The number of ether oxygens (including phenoxy) is 1. The van der Waals surface area contributed by atoms with Crippen LogP contribution in [0.1, 0.15) is 46.0 Å². The molecule has 112 valence electrons. The third kappa shape index (κ3) is 2.03. The normalized spacial score (nSPS) is 35.6. The molecule has 3 heterocycles. The highest BCUT2D eigenvalue weighted by molar-refractivity contribution is 5.97. The summed E-state index contributed by atoms with van der Waals surface area (Å²) in [5.41, 5.74) is 0. The summed E-state index contributed by atoms with van der Waals surface area (Å²) in [6.07, 6.45) is 4.58. The van der Waals surface area contributed by atoms with Crippen LogP contribution in [-0.4, -0.2) is 59.0 Å². The van der Waals surface area contributed by atoms with Crippen molar-refractivity contribution in [2.24, 2.45) is 0 Å². The molecule has 3 aliphatic heterocycles. The van der Waals surface area contributed by atoms with Crippen LogP contribution in [0.15, 0.2) is 0 Å². The van der Waals surface area contributed by atoms with Gasteiger partial charge in [-0.1, -0.05) is 6.92 Å². The molecule has 2 amide bonds. The van der Waals surface area contributed by atoms with Crippen molar-refractivity contribution in [2.75, 3.05) is 13.2 Å². The van der Waals surface area contributed by atoms with E-state index in [2.05, 4.69) is 0 Å². The van der Waals surface area contributed by atoms with Crippen molar-refractivity contribution in [3.8, 4) is 0 Å². The van der Waals surface area contributed by atoms with Crippen molar-refractivity contribution < 1.29 is 14.3 Å². The lowest BCUT2D eigenvalue weighted by atomic mass is 9.98. The van der Waals surface area contributed by atoms with Gasteiger partial charge >= 0.3 is 0 Å². The quantitative estimate of drug-likeness (QED) is 0.779. The van der Waals surface area contributed by atoms with Crippen LogP contribution in [0.5, 0.6) is 0 Å². The molecule has 5 heteroatoms. The van der Waals surface area contributed by atoms with Gasteiger partial charge in [0.25, 0.3) is 0 Å². The molecule has 0 aliphatic carbocycles. The molecule has 4 atom stereocenters. The fourth-order valence-corrected chi connectivity index (χ4v) is 3.94. The zero-order valence-corrected chi connectivity index (χ0v) is 12.4. The first-order valence-electron chi connectivity index (χ1n) is 7.89. The second-order valence-electron chi connectivity index (χ2n) is 6.15. The number of hydrogen-bond donors (Lipinski definition) is 0. The Morgan fingerprint density at radius 2 is 2.05 bits per heavy atom. The Morgan fingerprint density at radius 3 is 2.70 bits per heavy atom. The maximum Gasteiger partial charge on any atom is 0.246 e. The molecule has 3 aliphatic rings. The standard InChI is InChI=1S/C15H24N2O3/c1-3-11-14(18)16-8-4-6-12(16)15(19)17(11)10(2)13-7-5-9-20-13/h10-13H,3-9H2,1-2H3. The van der Waals surface area contributed by atoms with Crippen molar-refractivity contribution in [1.29, 1.82) is 0 Å². The van der Waals surface area contributed by atoms with Crippen LogP contribution in [0.3, 0.4) is 0 Å². The zero-order chi connectivity index (χ0) is 14.3. The summed E-state index contributed by atoms with van der Waals surface area (Å²) in [4.78, 5) is 29.0. The second-order valence-corrected chi connectivity index (χ2v) is 6.15. The van der Waals surface area contributed by atoms with Gasteiger partial charge in [0, 0.05) is 13.2 Å². The number of amides is 2. The molecule has 0 spiro atoms. The largest absolute Gasteiger partial charge is 0.376 e. The fourth-order valence-electron chi connectivity index (χ4n) is 3.94. The molecule has 0 radical (unpaired) electrons. The summed E-state index contributed by atoms with van der Waals surface area (Å²) in [5, 5.41) is 0. The zero-order valence-electron chi connectivity index (χ0n) is 12.4. The van der Waals surface area contributed by atoms with Gasteiger partial charge in [-0.05, 0) is 39.0 Å². The number of nitrogens with zero attached hydrogens (tertiary/aromatic N) is 2. The number of rotatable bonds is 3. The van der Waals surface area contributed by atoms with Crippen LogP contribution < -0.4 is 0 Å². The Balaban J connectivity index is 1.86. The molecule has 0 aromatic rings. The van der Waals surface area contributed by atoms with Gasteiger partial charge in [0.1, 0.15) is 12.1 Å². The number of carbonyl (C=O) groups excluding carboxylic acids is 2. The SMILES string of the molecule is CCC1C(=O)N2CCCC2C(=O)N1C(C)C1CCCO1. The average Bonchev–Trinajstić information content (AvgIpc) is 3.12. The first kappa shape index (κ1) is 13.9. The van der Waals surface area contributed by atoms with Crippen LogP contribution in [-0.2, 0) is 14.3 Å². The summed E-state index contributed by atoms with van der Waals surface area (Å²) in [6.45, 7) is 5.54. The highest BCUT2D eigenvalue weighted by atomic mass is 16.5. The van der Waals surface area contributed by atoms with E-state index in [1.165, 1.54) is 0 Å². The molecule has 0 bridgehead atoms. The monoisotopic (exact) mass is 280 g/mol. The molecule has 0 aromatic carbocycles. The molecule has 0 aromatic heterocycles. The Kier molecular flexibility index (Phi) is 3.71. The van der Waals surface area contributed by atoms with E-state index in [4.69, 9.17) is 4.74 Å². The van der Waals surface area contributed by atoms with Crippen molar-refractivity contribution in [2.45, 2.75) is 70.2 Å². The highest BCUT2D eigenvalue weighted by Crippen LogP contribution is 2.31. The third-order valence-electron chi connectivity index (χ3n) is 5.02. The van der Waals surface area contributed by atoms with E-state index in [0.29, 0.717) is 6.42 Å². The van der Waals surface area contributed by atoms with E-state index >= 15 is 0 Å². The smallest absolute Gasteiger partial charge is 0.246 e. The number of piperazine rings is 1. The molecule has 3 rings (SSSR count). The predicted octanol–water partition coefficient (Wildman–Crippen LogP) is 1.17. The molecule has 20 heavy (non-hydrogen) atoms. The van der Waals surface area contributed by atoms with Crippen molar-refractivity contribution >= 4 is 11.8 Å². The predicted molar refractivity (Wildman–Crippen MR) is 74.1 cm³/mol. The summed E-state index contributed by atoms with van der Waals surface area (Å²) in [6, 6.07) is -0.508. The molecular formula is C15H24N2O3. The minimum absolute atomic E-state index is 0.00153. The number of carbonyl (C=O) groups is 2. The van der Waals surface area contributed by atoms with Gasteiger partial charge < -0.3 is 14.5 Å². The first-order chi connectivity index (χ1) is 9.65. The van der Waals surface area contributed by atoms with E-state index in [-0.39, 0.29) is 36.0 Å². The summed E-state index contributed by atoms with van der Waals surface area (Å²) >= 11 is 0. The Hall–Kier alpha value is -1.10. The lowest BCUT2D eigenvalue weighted by Crippen LogP contribution is -2.66. The molecule has 0 N–H and O–H groups in total. The first-order valence-corrected chi connectivity index (χ1v) is 7.89. The molecular weight excluding hydrogens is 256 g/mol. The van der Waals surface area contributed by atoms with Crippen molar-refractivity contribution in [3.63, 3.8) is 0 Å². The highest BCUT2D eigenvalue weighted by Gasteiger charge is 2.49. The van der Waals surface area contributed by atoms with Crippen molar-refractivity contribution in [3.05, 3.63) is 0 Å². The second kappa shape index (κ2) is 5.35.